The monoisotopic (exact) mass is 293 g/mol. The van der Waals surface area contributed by atoms with Crippen LogP contribution in [0.5, 0.6) is 0 Å². The highest BCUT2D eigenvalue weighted by molar-refractivity contribution is 5.01. The van der Waals surface area contributed by atoms with Crippen LogP contribution in [0.1, 0.15) is 83.3 Å². The minimum Gasteiger partial charge on any atom is -0.339 e. The van der Waals surface area contributed by atoms with Gasteiger partial charge in [-0.3, -0.25) is 0 Å². The molecule has 21 heavy (non-hydrogen) atoms. The Kier molecular flexibility index (Phi) is 5.80. The maximum absolute atomic E-state index is 5.86. The molecule has 1 aromatic heterocycles. The number of nitrogens with zero attached hydrogens (tertiary/aromatic N) is 2. The summed E-state index contributed by atoms with van der Waals surface area (Å²) in [5.41, 5.74) is 5.86. The van der Waals surface area contributed by atoms with Crippen molar-refractivity contribution in [3.63, 3.8) is 0 Å². The lowest BCUT2D eigenvalue weighted by molar-refractivity contribution is 0.251. The molecule has 1 atom stereocenters. The first-order valence-electron chi connectivity index (χ1n) is 8.54. The van der Waals surface area contributed by atoms with Crippen LogP contribution in [0, 0.1) is 17.8 Å². The topological polar surface area (TPSA) is 64.9 Å². The maximum atomic E-state index is 5.86. The molecule has 1 aromatic rings. The first kappa shape index (κ1) is 16.5. The van der Waals surface area contributed by atoms with Crippen LogP contribution in [0.15, 0.2) is 4.52 Å². The van der Waals surface area contributed by atoms with Crippen LogP contribution >= 0.6 is 0 Å². The molecule has 120 valence electrons. The molecule has 0 spiro atoms. The Balaban J connectivity index is 1.97. The minimum atomic E-state index is 0.207. The summed E-state index contributed by atoms with van der Waals surface area (Å²) < 4.78 is 5.50. The van der Waals surface area contributed by atoms with E-state index in [4.69, 9.17) is 10.3 Å². The Hall–Kier alpha value is -0.900. The van der Waals surface area contributed by atoms with Gasteiger partial charge >= 0.3 is 0 Å². The van der Waals surface area contributed by atoms with E-state index in [1.807, 2.05) is 0 Å². The highest BCUT2D eigenvalue weighted by atomic mass is 16.5. The van der Waals surface area contributed by atoms with Gasteiger partial charge in [0.05, 0.1) is 5.92 Å². The lowest BCUT2D eigenvalue weighted by atomic mass is 9.77. The van der Waals surface area contributed by atoms with Crippen LogP contribution in [0.3, 0.4) is 0 Å². The largest absolute Gasteiger partial charge is 0.339 e. The summed E-state index contributed by atoms with van der Waals surface area (Å²) in [6.45, 7) is 9.64. The van der Waals surface area contributed by atoms with Gasteiger partial charge in [-0.05, 0) is 49.9 Å². The van der Waals surface area contributed by atoms with E-state index in [9.17, 15) is 0 Å². The van der Waals surface area contributed by atoms with Crippen LogP contribution in [-0.2, 0) is 0 Å². The molecule has 0 bridgehead atoms. The minimum absolute atomic E-state index is 0.207. The van der Waals surface area contributed by atoms with Gasteiger partial charge in [-0.25, -0.2) is 0 Å². The molecule has 0 aliphatic heterocycles. The zero-order valence-corrected chi connectivity index (χ0v) is 14.0. The molecule has 0 saturated heterocycles. The Labute approximate surface area is 128 Å². The molecular formula is C17H31N3O. The average Bonchev–Trinajstić information content (AvgIpc) is 2.94. The van der Waals surface area contributed by atoms with E-state index in [0.29, 0.717) is 18.4 Å². The van der Waals surface area contributed by atoms with E-state index in [-0.39, 0.29) is 5.92 Å². The van der Waals surface area contributed by atoms with E-state index >= 15 is 0 Å². The van der Waals surface area contributed by atoms with Crippen molar-refractivity contribution < 1.29 is 4.52 Å². The van der Waals surface area contributed by atoms with Crippen LogP contribution in [0.4, 0.5) is 0 Å². The molecule has 1 unspecified atom stereocenters. The summed E-state index contributed by atoms with van der Waals surface area (Å²) in [5, 5.41) is 4.24. The van der Waals surface area contributed by atoms with E-state index in [1.165, 1.54) is 25.7 Å². The van der Waals surface area contributed by atoms with E-state index in [0.717, 1.165) is 30.0 Å². The van der Waals surface area contributed by atoms with Gasteiger partial charge in [0.2, 0.25) is 5.89 Å². The Bertz CT molecular complexity index is 419. The highest BCUT2D eigenvalue weighted by Gasteiger charge is 2.28. The summed E-state index contributed by atoms with van der Waals surface area (Å²) >= 11 is 0. The Morgan fingerprint density at radius 3 is 2.33 bits per heavy atom. The Morgan fingerprint density at radius 2 is 1.81 bits per heavy atom. The van der Waals surface area contributed by atoms with E-state index < -0.39 is 0 Å². The third kappa shape index (κ3) is 4.29. The maximum Gasteiger partial charge on any atom is 0.231 e. The first-order valence-corrected chi connectivity index (χ1v) is 8.54. The normalized spacial score (nSPS) is 24.7. The van der Waals surface area contributed by atoms with Crippen molar-refractivity contribution in [1.29, 1.82) is 0 Å². The second-order valence-corrected chi connectivity index (χ2v) is 7.41. The lowest BCUT2D eigenvalue weighted by Crippen LogP contribution is -2.18. The molecule has 2 rings (SSSR count). The molecule has 0 amide bonds. The molecule has 1 aliphatic rings. The summed E-state index contributed by atoms with van der Waals surface area (Å²) in [7, 11) is 0. The van der Waals surface area contributed by atoms with Crippen molar-refractivity contribution >= 4 is 0 Å². The summed E-state index contributed by atoms with van der Waals surface area (Å²) in [5.74, 6) is 4.59. The average molecular weight is 293 g/mol. The van der Waals surface area contributed by atoms with Gasteiger partial charge in [0.1, 0.15) is 0 Å². The van der Waals surface area contributed by atoms with Crippen LogP contribution in [-0.4, -0.2) is 16.7 Å². The highest BCUT2D eigenvalue weighted by Crippen LogP contribution is 2.38. The smallest absolute Gasteiger partial charge is 0.231 e. The fourth-order valence-corrected chi connectivity index (χ4v) is 3.49. The fraction of sp³-hybridized carbons (Fsp3) is 0.882. The zero-order valence-electron chi connectivity index (χ0n) is 14.0. The van der Waals surface area contributed by atoms with Crippen LogP contribution < -0.4 is 5.73 Å². The van der Waals surface area contributed by atoms with Gasteiger partial charge in [0.25, 0.3) is 0 Å². The van der Waals surface area contributed by atoms with Gasteiger partial charge in [-0.2, -0.15) is 4.98 Å². The second-order valence-electron chi connectivity index (χ2n) is 7.41. The van der Waals surface area contributed by atoms with Crippen molar-refractivity contribution in [3.8, 4) is 0 Å². The summed E-state index contributed by atoms with van der Waals surface area (Å²) in [6, 6.07) is 0. The van der Waals surface area contributed by atoms with Gasteiger partial charge in [-0.15, -0.1) is 0 Å². The fourth-order valence-electron chi connectivity index (χ4n) is 3.49. The van der Waals surface area contributed by atoms with Gasteiger partial charge in [-0.1, -0.05) is 32.9 Å². The van der Waals surface area contributed by atoms with Crippen molar-refractivity contribution in [2.75, 3.05) is 6.54 Å². The molecular weight excluding hydrogens is 262 g/mol. The predicted molar refractivity (Wildman–Crippen MR) is 85.1 cm³/mol. The van der Waals surface area contributed by atoms with Gasteiger partial charge in [0.15, 0.2) is 5.82 Å². The van der Waals surface area contributed by atoms with E-state index in [2.05, 4.69) is 37.8 Å². The Morgan fingerprint density at radius 1 is 1.14 bits per heavy atom. The molecule has 1 heterocycles. The first-order chi connectivity index (χ1) is 10.0. The van der Waals surface area contributed by atoms with Crippen LogP contribution in [0.2, 0.25) is 0 Å². The molecule has 1 fully saturated rings. The van der Waals surface area contributed by atoms with Crippen molar-refractivity contribution in [1.82, 2.24) is 10.1 Å². The number of rotatable bonds is 6. The SMILES string of the molecule is CC(C)CC(CN)c1nc(C2CCC(C(C)C)CC2)no1. The molecule has 1 aliphatic carbocycles. The quantitative estimate of drug-likeness (QED) is 0.858. The number of hydrogen-bond donors (Lipinski definition) is 1. The van der Waals surface area contributed by atoms with Crippen molar-refractivity contribution in [2.24, 2.45) is 23.5 Å². The third-order valence-corrected chi connectivity index (χ3v) is 4.93. The molecule has 1 saturated carbocycles. The zero-order chi connectivity index (χ0) is 15.4. The van der Waals surface area contributed by atoms with Crippen LogP contribution in [0.25, 0.3) is 0 Å². The number of aromatic nitrogens is 2. The summed E-state index contributed by atoms with van der Waals surface area (Å²) in [4.78, 5) is 4.67. The predicted octanol–water partition coefficient (Wildman–Crippen LogP) is 4.09. The van der Waals surface area contributed by atoms with Gasteiger partial charge in [0, 0.05) is 12.5 Å². The standard InChI is InChI=1S/C17H31N3O/c1-11(2)9-15(10-18)17-19-16(20-21-17)14-7-5-13(6-8-14)12(3)4/h11-15H,5-10,18H2,1-4H3. The lowest BCUT2D eigenvalue weighted by Gasteiger charge is -2.29. The number of nitrogens with two attached hydrogens (primary N) is 1. The van der Waals surface area contributed by atoms with E-state index in [1.54, 1.807) is 0 Å². The summed E-state index contributed by atoms with van der Waals surface area (Å²) in [6.07, 6.45) is 5.98. The molecule has 0 aromatic carbocycles. The molecule has 2 N–H and O–H groups in total. The number of hydrogen-bond acceptors (Lipinski definition) is 4. The molecule has 4 nitrogen and oxygen atoms in total. The second kappa shape index (κ2) is 7.39. The van der Waals surface area contributed by atoms with Crippen molar-refractivity contribution in [3.05, 3.63) is 11.7 Å². The third-order valence-electron chi connectivity index (χ3n) is 4.93. The molecule has 0 radical (unpaired) electrons. The molecule has 4 heteroatoms. The van der Waals surface area contributed by atoms with Gasteiger partial charge < -0.3 is 10.3 Å². The van der Waals surface area contributed by atoms with Crippen molar-refractivity contribution in [2.45, 2.75) is 71.6 Å².